The quantitative estimate of drug-likeness (QED) is 0.636. The van der Waals surface area contributed by atoms with Crippen LogP contribution in [0.3, 0.4) is 0 Å². The average Bonchev–Trinajstić information content (AvgIpc) is 2.26. The number of sulfonamides is 1. The van der Waals surface area contributed by atoms with Gasteiger partial charge in [0.1, 0.15) is 0 Å². The molecule has 0 aromatic heterocycles. The molecule has 0 amide bonds. The van der Waals surface area contributed by atoms with E-state index in [1.807, 2.05) is 19.1 Å². The average molecular weight is 278 g/mol. The van der Waals surface area contributed by atoms with Crippen molar-refractivity contribution in [2.75, 3.05) is 5.75 Å². The van der Waals surface area contributed by atoms with Crippen LogP contribution in [0.15, 0.2) is 35.5 Å². The Hall–Kier alpha value is -1.60. The Morgan fingerprint density at radius 3 is 2.84 bits per heavy atom. The van der Waals surface area contributed by atoms with E-state index >= 15 is 0 Å². The van der Waals surface area contributed by atoms with Crippen LogP contribution in [0.4, 0.5) is 0 Å². The van der Waals surface area contributed by atoms with E-state index in [1.165, 1.54) is 6.21 Å². The fourth-order valence-electron chi connectivity index (χ4n) is 1.94. The third kappa shape index (κ3) is 2.72. The third-order valence-corrected chi connectivity index (χ3v) is 4.48. The number of fused-ring (bicyclic) bond motifs is 1. The first-order valence-electron chi connectivity index (χ1n) is 5.80. The maximum atomic E-state index is 12.1. The van der Waals surface area contributed by atoms with E-state index in [0.29, 0.717) is 11.0 Å². The molecule has 1 N–H and O–H groups in total. The second-order valence-electron chi connectivity index (χ2n) is 4.74. The number of aryl methyl sites for hydroxylation is 1. The lowest BCUT2D eigenvalue weighted by Crippen LogP contribution is -2.52. The summed E-state index contributed by atoms with van der Waals surface area (Å²) in [5.41, 5.74) is 2.79. The Kier molecular flexibility index (Phi) is 3.51. The van der Waals surface area contributed by atoms with Gasteiger partial charge in [0.25, 0.3) is 0 Å². The molecule has 2 rings (SSSR count). The van der Waals surface area contributed by atoms with Gasteiger partial charge in [-0.2, -0.15) is 5.10 Å². The van der Waals surface area contributed by atoms with Crippen LogP contribution in [0.2, 0.25) is 0 Å². The van der Waals surface area contributed by atoms with E-state index in [0.717, 1.165) is 15.5 Å². The first kappa shape index (κ1) is 13.8. The van der Waals surface area contributed by atoms with Crippen LogP contribution in [0, 0.1) is 6.92 Å². The molecule has 0 unspecified atom stereocenters. The zero-order valence-corrected chi connectivity index (χ0v) is 11.7. The van der Waals surface area contributed by atoms with Crippen LogP contribution in [0.25, 0.3) is 0 Å². The van der Waals surface area contributed by atoms with E-state index in [1.54, 1.807) is 13.0 Å². The van der Waals surface area contributed by atoms with Gasteiger partial charge >= 0.3 is 7.05 Å². The number of nitrogens with zero attached hydrogens (tertiary/aromatic N) is 2. The van der Waals surface area contributed by atoms with Crippen molar-refractivity contribution in [1.29, 1.82) is 0 Å². The molecule has 100 valence electrons. The van der Waals surface area contributed by atoms with Crippen LogP contribution in [-0.4, -0.2) is 36.8 Å². The molecule has 0 spiro atoms. The third-order valence-electron chi connectivity index (χ3n) is 2.75. The summed E-state index contributed by atoms with van der Waals surface area (Å²) in [6, 6.07) is 5.39. The highest BCUT2D eigenvalue weighted by Gasteiger charge is 2.36. The summed E-state index contributed by atoms with van der Waals surface area (Å²) in [5, 5.41) is 14.0. The largest absolute Gasteiger partial charge is 0.484 e. The Morgan fingerprint density at radius 2 is 2.21 bits per heavy atom. The Balaban J connectivity index is 2.40. The molecule has 1 aliphatic rings. The van der Waals surface area contributed by atoms with Gasteiger partial charge in [0, 0.05) is 0 Å². The van der Waals surface area contributed by atoms with Crippen molar-refractivity contribution in [3.05, 3.63) is 41.5 Å². The second kappa shape index (κ2) is 4.83. The number of hydrogen-bond acceptors (Lipinski definition) is 4. The summed E-state index contributed by atoms with van der Waals surface area (Å²) in [4.78, 5) is 0. The molecule has 0 saturated carbocycles. The van der Waals surface area contributed by atoms with Gasteiger partial charge in [0.15, 0.2) is 0 Å². The van der Waals surface area contributed by atoms with Crippen LogP contribution < -0.4 is 5.46 Å². The lowest BCUT2D eigenvalue weighted by atomic mass is 9.71. The van der Waals surface area contributed by atoms with Crippen molar-refractivity contribution in [2.24, 2.45) is 5.10 Å². The first-order valence-corrected chi connectivity index (χ1v) is 7.41. The SMILES string of the molecule is C=C(C)CS(=O)(=O)N1N=Cc2cc(C)ccc2B1O. The molecule has 19 heavy (non-hydrogen) atoms. The van der Waals surface area contributed by atoms with E-state index < -0.39 is 17.1 Å². The standard InChI is InChI=1S/C12H15BN2O3S/c1-9(2)8-19(17,18)15-13(16)12-5-4-10(3)6-11(12)7-14-15/h4-7,16H,1,8H2,2-3H3. The summed E-state index contributed by atoms with van der Waals surface area (Å²) in [7, 11) is -4.99. The van der Waals surface area contributed by atoms with Crippen LogP contribution in [0.5, 0.6) is 0 Å². The maximum Gasteiger partial charge on any atom is 0.484 e. The van der Waals surface area contributed by atoms with Crippen LogP contribution in [-0.2, 0) is 10.0 Å². The second-order valence-corrected chi connectivity index (χ2v) is 6.56. The molecule has 5 nitrogen and oxygen atoms in total. The number of benzene rings is 1. The normalized spacial score (nSPS) is 14.5. The van der Waals surface area contributed by atoms with E-state index in [4.69, 9.17) is 0 Å². The highest BCUT2D eigenvalue weighted by Crippen LogP contribution is 2.14. The molecule has 1 heterocycles. The minimum atomic E-state index is -3.70. The van der Waals surface area contributed by atoms with Crippen molar-refractivity contribution < 1.29 is 13.4 Å². The fourth-order valence-corrected chi connectivity index (χ4v) is 3.31. The van der Waals surface area contributed by atoms with Crippen molar-refractivity contribution in [3.8, 4) is 0 Å². The monoisotopic (exact) mass is 278 g/mol. The molecule has 0 aliphatic carbocycles. The van der Waals surface area contributed by atoms with Gasteiger partial charge < -0.3 is 5.02 Å². The summed E-state index contributed by atoms with van der Waals surface area (Å²) < 4.78 is 24.9. The van der Waals surface area contributed by atoms with Crippen LogP contribution in [0.1, 0.15) is 18.1 Å². The van der Waals surface area contributed by atoms with Gasteiger partial charge in [0.05, 0.1) is 12.0 Å². The molecule has 1 aromatic rings. The Morgan fingerprint density at radius 1 is 1.53 bits per heavy atom. The van der Waals surface area contributed by atoms with E-state index in [9.17, 15) is 13.4 Å². The number of hydrazone groups is 1. The molecule has 0 bridgehead atoms. The maximum absolute atomic E-state index is 12.1. The zero-order chi connectivity index (χ0) is 14.2. The van der Waals surface area contributed by atoms with Gasteiger partial charge in [-0.1, -0.05) is 35.9 Å². The van der Waals surface area contributed by atoms with Gasteiger partial charge in [-0.25, -0.2) is 12.7 Å². The highest BCUT2D eigenvalue weighted by atomic mass is 32.2. The zero-order valence-electron chi connectivity index (χ0n) is 10.9. The summed E-state index contributed by atoms with van der Waals surface area (Å²) in [5.74, 6) is -0.234. The predicted molar refractivity (Wildman–Crippen MR) is 76.8 cm³/mol. The molecular weight excluding hydrogens is 263 g/mol. The molecule has 0 radical (unpaired) electrons. The highest BCUT2D eigenvalue weighted by molar-refractivity contribution is 7.90. The lowest BCUT2D eigenvalue weighted by Gasteiger charge is -2.26. The van der Waals surface area contributed by atoms with Gasteiger partial charge in [-0.15, -0.1) is 0 Å². The Labute approximate surface area is 113 Å². The smallest absolute Gasteiger partial charge is 0.427 e. The minimum Gasteiger partial charge on any atom is -0.427 e. The number of rotatable bonds is 3. The minimum absolute atomic E-state index is 0.234. The predicted octanol–water partition coefficient (Wildman–Crippen LogP) is 0.238. The van der Waals surface area contributed by atoms with Gasteiger partial charge in [-0.3, -0.25) is 0 Å². The molecule has 0 atom stereocenters. The molecule has 0 fully saturated rings. The van der Waals surface area contributed by atoms with E-state index in [2.05, 4.69) is 11.7 Å². The van der Waals surface area contributed by atoms with Crippen LogP contribution >= 0.6 is 0 Å². The Bertz CT molecular complexity index is 655. The topological polar surface area (TPSA) is 70.0 Å². The molecule has 1 aliphatic heterocycles. The summed E-state index contributed by atoms with van der Waals surface area (Å²) >= 11 is 0. The first-order chi connectivity index (χ1) is 8.81. The van der Waals surface area contributed by atoms with Gasteiger partial charge in [-0.05, 0) is 24.9 Å². The fraction of sp³-hybridized carbons (Fsp3) is 0.250. The van der Waals surface area contributed by atoms with Gasteiger partial charge in [0.2, 0.25) is 10.0 Å². The summed E-state index contributed by atoms with van der Waals surface area (Å²) in [6.45, 7) is 7.12. The van der Waals surface area contributed by atoms with Crippen molar-refractivity contribution in [2.45, 2.75) is 13.8 Å². The molecular formula is C12H15BN2O3S. The molecule has 7 heteroatoms. The molecule has 1 aromatic carbocycles. The van der Waals surface area contributed by atoms with E-state index in [-0.39, 0.29) is 5.75 Å². The molecule has 0 saturated heterocycles. The number of hydrogen-bond donors (Lipinski definition) is 1. The van der Waals surface area contributed by atoms with Crippen molar-refractivity contribution in [1.82, 2.24) is 4.33 Å². The summed E-state index contributed by atoms with van der Waals surface area (Å²) in [6.07, 6.45) is 1.45. The van der Waals surface area contributed by atoms with Crippen molar-refractivity contribution >= 4 is 28.8 Å². The lowest BCUT2D eigenvalue weighted by molar-refractivity contribution is 0.477. The van der Waals surface area contributed by atoms with Crippen molar-refractivity contribution in [3.63, 3.8) is 0 Å².